The third kappa shape index (κ3) is 2.80. The molecular weight excluding hydrogens is 246 g/mol. The summed E-state index contributed by atoms with van der Waals surface area (Å²) in [6.07, 6.45) is 0.969. The van der Waals surface area contributed by atoms with E-state index in [0.717, 1.165) is 19.5 Å². The van der Waals surface area contributed by atoms with Gasteiger partial charge in [-0.1, -0.05) is 0 Å². The zero-order valence-electron chi connectivity index (χ0n) is 10.6. The molecule has 2 heterocycles. The average molecular weight is 263 g/mol. The van der Waals surface area contributed by atoms with Gasteiger partial charge in [-0.25, -0.2) is 0 Å². The maximum Gasteiger partial charge on any atom is 0.251 e. The van der Waals surface area contributed by atoms with Crippen LogP contribution >= 0.6 is 0 Å². The third-order valence-electron chi connectivity index (χ3n) is 3.38. The minimum atomic E-state index is -0.0720. The summed E-state index contributed by atoms with van der Waals surface area (Å²) in [5.41, 5.74) is 6.76. The Morgan fingerprint density at radius 1 is 1.26 bits per heavy atom. The lowest BCUT2D eigenvalue weighted by Crippen LogP contribution is -2.26. The van der Waals surface area contributed by atoms with Crippen LogP contribution < -0.4 is 25.6 Å². The molecule has 1 aromatic rings. The van der Waals surface area contributed by atoms with Crippen molar-refractivity contribution < 1.29 is 14.3 Å². The zero-order valence-corrected chi connectivity index (χ0v) is 10.6. The first kappa shape index (κ1) is 12.3. The summed E-state index contributed by atoms with van der Waals surface area (Å²) in [7, 11) is 0. The number of carbonyl (C=O) groups is 1. The maximum atomic E-state index is 12.0. The Labute approximate surface area is 111 Å². The van der Waals surface area contributed by atoms with Crippen LogP contribution in [0.2, 0.25) is 0 Å². The molecular formula is C13H17N3O3. The van der Waals surface area contributed by atoms with Crippen molar-refractivity contribution in [3.05, 3.63) is 23.8 Å². The van der Waals surface area contributed by atoms with Gasteiger partial charge in [0, 0.05) is 25.2 Å². The first-order chi connectivity index (χ1) is 9.33. The van der Waals surface area contributed by atoms with Gasteiger partial charge in [0.2, 0.25) is 6.79 Å². The lowest BCUT2D eigenvalue weighted by atomic mass is 10.1. The maximum absolute atomic E-state index is 12.0. The topological polar surface area (TPSA) is 71.6 Å². The van der Waals surface area contributed by atoms with Gasteiger partial charge in [-0.2, -0.15) is 0 Å². The Hall–Kier alpha value is -1.79. The number of nitrogens with one attached hydrogen (secondary N) is 3. The molecule has 0 aromatic heterocycles. The van der Waals surface area contributed by atoms with Crippen LogP contribution in [0, 0.1) is 5.92 Å². The molecule has 6 nitrogen and oxygen atoms in total. The quantitative estimate of drug-likeness (QED) is 0.727. The molecule has 0 saturated carbocycles. The van der Waals surface area contributed by atoms with Crippen molar-refractivity contribution in [2.24, 2.45) is 5.92 Å². The molecule has 2 aliphatic heterocycles. The summed E-state index contributed by atoms with van der Waals surface area (Å²) in [6, 6.07) is 5.24. The van der Waals surface area contributed by atoms with Crippen molar-refractivity contribution in [1.29, 1.82) is 0 Å². The standard InChI is InChI=1S/C13H17N3O3/c17-13(14-4-3-9-6-15-16-7-9)10-1-2-11-12(5-10)19-8-18-11/h1-2,5,9,15-16H,3-4,6-8H2,(H,14,17). The van der Waals surface area contributed by atoms with E-state index in [0.29, 0.717) is 29.5 Å². The van der Waals surface area contributed by atoms with Gasteiger partial charge in [-0.05, 0) is 30.5 Å². The molecule has 0 unspecified atom stereocenters. The molecule has 1 amide bonds. The number of hydrogen-bond donors (Lipinski definition) is 3. The van der Waals surface area contributed by atoms with E-state index in [2.05, 4.69) is 16.2 Å². The zero-order chi connectivity index (χ0) is 13.1. The summed E-state index contributed by atoms with van der Waals surface area (Å²) in [5, 5.41) is 2.93. The Morgan fingerprint density at radius 3 is 2.89 bits per heavy atom. The monoisotopic (exact) mass is 263 g/mol. The fourth-order valence-corrected chi connectivity index (χ4v) is 2.24. The second kappa shape index (κ2) is 5.46. The van der Waals surface area contributed by atoms with Gasteiger partial charge in [0.1, 0.15) is 0 Å². The van der Waals surface area contributed by atoms with Crippen molar-refractivity contribution in [3.8, 4) is 11.5 Å². The summed E-state index contributed by atoms with van der Waals surface area (Å²) < 4.78 is 10.5. The largest absolute Gasteiger partial charge is 0.454 e. The first-order valence-electron chi connectivity index (χ1n) is 6.46. The fourth-order valence-electron chi connectivity index (χ4n) is 2.24. The van der Waals surface area contributed by atoms with Gasteiger partial charge in [-0.3, -0.25) is 15.6 Å². The van der Waals surface area contributed by atoms with Crippen LogP contribution in [0.3, 0.4) is 0 Å². The van der Waals surface area contributed by atoms with E-state index in [-0.39, 0.29) is 12.7 Å². The van der Waals surface area contributed by atoms with E-state index in [9.17, 15) is 4.79 Å². The highest BCUT2D eigenvalue weighted by atomic mass is 16.7. The lowest BCUT2D eigenvalue weighted by Gasteiger charge is -2.09. The van der Waals surface area contributed by atoms with Crippen molar-refractivity contribution in [2.75, 3.05) is 26.4 Å². The fraction of sp³-hybridized carbons (Fsp3) is 0.462. The summed E-state index contributed by atoms with van der Waals surface area (Å²) in [6.45, 7) is 2.82. The van der Waals surface area contributed by atoms with E-state index < -0.39 is 0 Å². The van der Waals surface area contributed by atoms with Crippen molar-refractivity contribution in [2.45, 2.75) is 6.42 Å². The molecule has 19 heavy (non-hydrogen) atoms. The predicted octanol–water partition coefficient (Wildman–Crippen LogP) is 0.259. The van der Waals surface area contributed by atoms with E-state index in [4.69, 9.17) is 9.47 Å². The van der Waals surface area contributed by atoms with Gasteiger partial charge < -0.3 is 14.8 Å². The molecule has 1 saturated heterocycles. The van der Waals surface area contributed by atoms with E-state index in [1.807, 2.05) is 0 Å². The molecule has 0 radical (unpaired) electrons. The van der Waals surface area contributed by atoms with E-state index in [1.54, 1.807) is 18.2 Å². The van der Waals surface area contributed by atoms with Crippen LogP contribution in [-0.2, 0) is 0 Å². The van der Waals surface area contributed by atoms with Gasteiger partial charge in [0.25, 0.3) is 5.91 Å². The Bertz CT molecular complexity index is 472. The molecule has 1 aromatic carbocycles. The minimum absolute atomic E-state index is 0.0720. The molecule has 0 aliphatic carbocycles. The van der Waals surface area contributed by atoms with Crippen LogP contribution in [0.4, 0.5) is 0 Å². The number of carbonyl (C=O) groups excluding carboxylic acids is 1. The predicted molar refractivity (Wildman–Crippen MR) is 69.0 cm³/mol. The summed E-state index contributed by atoms with van der Waals surface area (Å²) >= 11 is 0. The molecule has 1 fully saturated rings. The van der Waals surface area contributed by atoms with Crippen molar-refractivity contribution in [3.63, 3.8) is 0 Å². The number of rotatable bonds is 4. The van der Waals surface area contributed by atoms with Gasteiger partial charge in [0.05, 0.1) is 0 Å². The molecule has 0 spiro atoms. The summed E-state index contributed by atoms with van der Waals surface area (Å²) in [5.74, 6) is 1.84. The molecule has 0 atom stereocenters. The number of benzene rings is 1. The summed E-state index contributed by atoms with van der Waals surface area (Å²) in [4.78, 5) is 12.0. The highest BCUT2D eigenvalue weighted by Gasteiger charge is 2.17. The highest BCUT2D eigenvalue weighted by molar-refractivity contribution is 5.94. The Balaban J connectivity index is 1.52. The third-order valence-corrected chi connectivity index (χ3v) is 3.38. The second-order valence-corrected chi connectivity index (χ2v) is 4.74. The van der Waals surface area contributed by atoms with Gasteiger partial charge in [-0.15, -0.1) is 0 Å². The molecule has 3 rings (SSSR count). The molecule has 3 N–H and O–H groups in total. The SMILES string of the molecule is O=C(NCCC1CNNC1)c1ccc2c(c1)OCO2. The lowest BCUT2D eigenvalue weighted by molar-refractivity contribution is 0.0951. The number of amides is 1. The van der Waals surface area contributed by atoms with Crippen LogP contribution in [0.5, 0.6) is 11.5 Å². The van der Waals surface area contributed by atoms with Crippen LogP contribution in [0.1, 0.15) is 16.8 Å². The van der Waals surface area contributed by atoms with E-state index in [1.165, 1.54) is 0 Å². The van der Waals surface area contributed by atoms with Crippen LogP contribution in [-0.4, -0.2) is 32.3 Å². The first-order valence-corrected chi connectivity index (χ1v) is 6.46. The minimum Gasteiger partial charge on any atom is -0.454 e. The second-order valence-electron chi connectivity index (χ2n) is 4.74. The number of ether oxygens (including phenoxy) is 2. The molecule has 2 aliphatic rings. The van der Waals surface area contributed by atoms with Crippen molar-refractivity contribution in [1.82, 2.24) is 16.2 Å². The molecule has 102 valence electrons. The van der Waals surface area contributed by atoms with Crippen molar-refractivity contribution >= 4 is 5.91 Å². The normalized spacial score (nSPS) is 17.7. The smallest absolute Gasteiger partial charge is 0.251 e. The van der Waals surface area contributed by atoms with Crippen LogP contribution in [0.15, 0.2) is 18.2 Å². The number of hydrogen-bond acceptors (Lipinski definition) is 5. The molecule has 6 heteroatoms. The van der Waals surface area contributed by atoms with Gasteiger partial charge in [0.15, 0.2) is 11.5 Å². The Kier molecular flexibility index (Phi) is 3.52. The van der Waals surface area contributed by atoms with Gasteiger partial charge >= 0.3 is 0 Å². The molecule has 0 bridgehead atoms. The highest BCUT2D eigenvalue weighted by Crippen LogP contribution is 2.32. The average Bonchev–Trinajstić information content (AvgIpc) is 3.08. The van der Waals surface area contributed by atoms with Crippen LogP contribution in [0.25, 0.3) is 0 Å². The Morgan fingerprint density at radius 2 is 2.05 bits per heavy atom. The number of fused-ring (bicyclic) bond motifs is 1. The van der Waals surface area contributed by atoms with E-state index >= 15 is 0 Å². The number of hydrazine groups is 1.